The normalized spacial score (nSPS) is 10.5. The Morgan fingerprint density at radius 2 is 1.84 bits per heavy atom. The second-order valence-electron chi connectivity index (χ2n) is 5.84. The Bertz CT molecular complexity index is 849. The van der Waals surface area contributed by atoms with Gasteiger partial charge in [-0.2, -0.15) is 10.1 Å². The van der Waals surface area contributed by atoms with Crippen LogP contribution in [-0.4, -0.2) is 21.7 Å². The van der Waals surface area contributed by atoms with E-state index in [0.717, 1.165) is 23.2 Å². The highest BCUT2D eigenvalue weighted by molar-refractivity contribution is 5.60. The third kappa shape index (κ3) is 4.50. The Morgan fingerprint density at radius 1 is 1.04 bits per heavy atom. The SMILES string of the molecule is Cc1cccc(Nc2nncc(NCCc3ccc(F)cc3)n2)c1C. The minimum absolute atomic E-state index is 0.223. The molecule has 0 spiro atoms. The van der Waals surface area contributed by atoms with Gasteiger partial charge in [-0.05, 0) is 55.2 Å². The first-order valence-electron chi connectivity index (χ1n) is 8.13. The lowest BCUT2D eigenvalue weighted by atomic mass is 10.1. The van der Waals surface area contributed by atoms with E-state index >= 15 is 0 Å². The predicted molar refractivity (Wildman–Crippen MR) is 97.6 cm³/mol. The van der Waals surface area contributed by atoms with E-state index in [1.54, 1.807) is 18.3 Å². The van der Waals surface area contributed by atoms with Crippen LogP contribution in [0, 0.1) is 19.7 Å². The van der Waals surface area contributed by atoms with E-state index in [1.807, 2.05) is 12.1 Å². The van der Waals surface area contributed by atoms with Gasteiger partial charge in [0.15, 0.2) is 5.82 Å². The standard InChI is InChI=1S/C19H20FN5/c1-13-4-3-5-17(14(13)2)23-19-24-18(12-22-25-19)21-11-10-15-6-8-16(20)9-7-15/h3-9,12H,10-11H2,1-2H3,(H2,21,23,24,25). The van der Waals surface area contributed by atoms with Crippen molar-refractivity contribution in [2.24, 2.45) is 0 Å². The minimum atomic E-state index is -0.223. The lowest BCUT2D eigenvalue weighted by Gasteiger charge is -2.11. The molecule has 0 unspecified atom stereocenters. The minimum Gasteiger partial charge on any atom is -0.368 e. The summed E-state index contributed by atoms with van der Waals surface area (Å²) in [5.41, 5.74) is 4.38. The summed E-state index contributed by atoms with van der Waals surface area (Å²) < 4.78 is 12.9. The van der Waals surface area contributed by atoms with Crippen molar-refractivity contribution in [1.29, 1.82) is 0 Å². The molecule has 3 aromatic rings. The highest BCUT2D eigenvalue weighted by Crippen LogP contribution is 2.21. The van der Waals surface area contributed by atoms with Gasteiger partial charge in [0.25, 0.3) is 0 Å². The van der Waals surface area contributed by atoms with E-state index in [4.69, 9.17) is 0 Å². The van der Waals surface area contributed by atoms with Crippen LogP contribution < -0.4 is 10.6 Å². The summed E-state index contributed by atoms with van der Waals surface area (Å²) >= 11 is 0. The van der Waals surface area contributed by atoms with Gasteiger partial charge in [0.2, 0.25) is 5.95 Å². The molecular formula is C19H20FN5. The maximum atomic E-state index is 12.9. The van der Waals surface area contributed by atoms with Crippen molar-refractivity contribution in [3.8, 4) is 0 Å². The largest absolute Gasteiger partial charge is 0.368 e. The van der Waals surface area contributed by atoms with Gasteiger partial charge in [0, 0.05) is 12.2 Å². The molecule has 1 aromatic heterocycles. The van der Waals surface area contributed by atoms with E-state index in [-0.39, 0.29) is 5.82 Å². The second-order valence-corrected chi connectivity index (χ2v) is 5.84. The summed E-state index contributed by atoms with van der Waals surface area (Å²) in [5.74, 6) is 0.865. The van der Waals surface area contributed by atoms with Crippen LogP contribution >= 0.6 is 0 Å². The number of halogens is 1. The van der Waals surface area contributed by atoms with E-state index < -0.39 is 0 Å². The number of hydrogen-bond donors (Lipinski definition) is 2. The van der Waals surface area contributed by atoms with Crippen molar-refractivity contribution >= 4 is 17.5 Å². The Labute approximate surface area is 146 Å². The number of aromatic nitrogens is 3. The first kappa shape index (κ1) is 16.8. The fourth-order valence-corrected chi connectivity index (χ4v) is 2.43. The molecule has 0 aliphatic carbocycles. The van der Waals surface area contributed by atoms with Gasteiger partial charge in [-0.15, -0.1) is 5.10 Å². The van der Waals surface area contributed by atoms with E-state index in [9.17, 15) is 4.39 Å². The number of benzene rings is 2. The topological polar surface area (TPSA) is 62.7 Å². The molecule has 3 rings (SSSR count). The Kier molecular flexibility index (Phi) is 5.18. The lowest BCUT2D eigenvalue weighted by molar-refractivity contribution is 0.627. The quantitative estimate of drug-likeness (QED) is 0.711. The molecule has 0 aliphatic rings. The molecule has 6 heteroatoms. The molecule has 0 aliphatic heterocycles. The second kappa shape index (κ2) is 7.70. The van der Waals surface area contributed by atoms with E-state index in [1.165, 1.54) is 17.7 Å². The summed E-state index contributed by atoms with van der Waals surface area (Å²) in [5, 5.41) is 14.4. The van der Waals surface area contributed by atoms with Crippen molar-refractivity contribution in [2.75, 3.05) is 17.2 Å². The van der Waals surface area contributed by atoms with Gasteiger partial charge in [0.05, 0.1) is 6.20 Å². The Morgan fingerprint density at radius 3 is 2.64 bits per heavy atom. The van der Waals surface area contributed by atoms with Crippen molar-refractivity contribution in [2.45, 2.75) is 20.3 Å². The maximum Gasteiger partial charge on any atom is 0.249 e. The van der Waals surface area contributed by atoms with Crippen molar-refractivity contribution in [3.63, 3.8) is 0 Å². The summed E-state index contributed by atoms with van der Waals surface area (Å²) in [7, 11) is 0. The first-order valence-corrected chi connectivity index (χ1v) is 8.13. The molecule has 128 valence electrons. The van der Waals surface area contributed by atoms with Gasteiger partial charge < -0.3 is 10.6 Å². The highest BCUT2D eigenvalue weighted by Gasteiger charge is 2.05. The first-order chi connectivity index (χ1) is 12.1. The number of nitrogens with zero attached hydrogens (tertiary/aromatic N) is 3. The summed E-state index contributed by atoms with van der Waals surface area (Å²) in [6.07, 6.45) is 2.35. The molecule has 0 saturated carbocycles. The van der Waals surface area contributed by atoms with Crippen molar-refractivity contribution < 1.29 is 4.39 Å². The van der Waals surface area contributed by atoms with Gasteiger partial charge in [0.1, 0.15) is 5.82 Å². The average Bonchev–Trinajstić information content (AvgIpc) is 2.61. The number of aryl methyl sites for hydroxylation is 1. The highest BCUT2D eigenvalue weighted by atomic mass is 19.1. The van der Waals surface area contributed by atoms with Gasteiger partial charge in [-0.1, -0.05) is 24.3 Å². The Hall–Kier alpha value is -3.02. The van der Waals surface area contributed by atoms with Crippen LogP contribution in [0.5, 0.6) is 0 Å². The number of nitrogens with one attached hydrogen (secondary N) is 2. The molecule has 0 fully saturated rings. The number of hydrogen-bond acceptors (Lipinski definition) is 5. The van der Waals surface area contributed by atoms with Crippen LogP contribution in [0.1, 0.15) is 16.7 Å². The third-order valence-corrected chi connectivity index (χ3v) is 4.04. The monoisotopic (exact) mass is 337 g/mol. The molecular weight excluding hydrogens is 317 g/mol. The third-order valence-electron chi connectivity index (χ3n) is 4.04. The van der Waals surface area contributed by atoms with E-state index in [0.29, 0.717) is 18.3 Å². The fourth-order valence-electron chi connectivity index (χ4n) is 2.43. The smallest absolute Gasteiger partial charge is 0.249 e. The fraction of sp³-hybridized carbons (Fsp3) is 0.211. The molecule has 0 atom stereocenters. The van der Waals surface area contributed by atoms with Crippen LogP contribution in [0.15, 0.2) is 48.7 Å². The molecule has 5 nitrogen and oxygen atoms in total. The Balaban J connectivity index is 1.61. The predicted octanol–water partition coefficient (Wildman–Crippen LogP) is 4.03. The lowest BCUT2D eigenvalue weighted by Crippen LogP contribution is -2.09. The van der Waals surface area contributed by atoms with Crippen LogP contribution in [-0.2, 0) is 6.42 Å². The molecule has 1 heterocycles. The molecule has 0 amide bonds. The van der Waals surface area contributed by atoms with Crippen LogP contribution in [0.4, 0.5) is 21.8 Å². The molecule has 2 N–H and O–H groups in total. The zero-order valence-corrected chi connectivity index (χ0v) is 14.3. The van der Waals surface area contributed by atoms with Crippen molar-refractivity contribution in [3.05, 3.63) is 71.2 Å². The summed E-state index contributed by atoms with van der Waals surface area (Å²) in [6.45, 7) is 4.79. The van der Waals surface area contributed by atoms with Crippen LogP contribution in [0.25, 0.3) is 0 Å². The van der Waals surface area contributed by atoms with Gasteiger partial charge in [-0.3, -0.25) is 0 Å². The molecule has 0 radical (unpaired) electrons. The molecule has 0 saturated heterocycles. The summed E-state index contributed by atoms with van der Waals surface area (Å²) in [4.78, 5) is 4.43. The average molecular weight is 337 g/mol. The summed E-state index contributed by atoms with van der Waals surface area (Å²) in [6, 6.07) is 12.5. The van der Waals surface area contributed by atoms with E-state index in [2.05, 4.69) is 45.7 Å². The number of rotatable bonds is 6. The number of anilines is 3. The zero-order valence-electron chi connectivity index (χ0n) is 14.3. The zero-order chi connectivity index (χ0) is 17.6. The van der Waals surface area contributed by atoms with Gasteiger partial charge >= 0.3 is 0 Å². The molecule has 25 heavy (non-hydrogen) atoms. The van der Waals surface area contributed by atoms with Crippen LogP contribution in [0.3, 0.4) is 0 Å². The maximum absolute atomic E-state index is 12.9. The molecule has 2 aromatic carbocycles. The van der Waals surface area contributed by atoms with Crippen molar-refractivity contribution in [1.82, 2.24) is 15.2 Å². The van der Waals surface area contributed by atoms with Gasteiger partial charge in [-0.25, -0.2) is 4.39 Å². The molecule has 0 bridgehead atoms. The van der Waals surface area contributed by atoms with Crippen LogP contribution in [0.2, 0.25) is 0 Å².